The van der Waals surface area contributed by atoms with E-state index in [2.05, 4.69) is 19.6 Å². The maximum Gasteiger partial charge on any atom is 0.237 e. The summed E-state index contributed by atoms with van der Waals surface area (Å²) < 4.78 is 24.5. The molecule has 33 heavy (non-hydrogen) atoms. The number of carbonyl (C=O) groups excluding carboxylic acids is 1. The zero-order chi connectivity index (χ0) is 23.6. The number of hydrogen-bond acceptors (Lipinski definition) is 6. The highest BCUT2D eigenvalue weighted by Gasteiger charge is 2.33. The second-order valence-corrected chi connectivity index (χ2v) is 9.13. The van der Waals surface area contributed by atoms with E-state index >= 15 is 0 Å². The Bertz CT molecular complexity index is 889. The summed E-state index contributed by atoms with van der Waals surface area (Å²) in [6.45, 7) is 8.46. The molecule has 2 atom stereocenters. The highest BCUT2D eigenvalue weighted by atomic mass is 32.1. The predicted molar refractivity (Wildman–Crippen MR) is 128 cm³/mol. The number of amides is 1. The number of aliphatic hydroxyl groups is 1. The Morgan fingerprint density at radius 2 is 2.18 bits per heavy atom. The number of ether oxygens (including phenoxy) is 2. The number of nitrogens with zero attached hydrogens (tertiary/aromatic N) is 2. The van der Waals surface area contributed by atoms with Gasteiger partial charge < -0.3 is 19.5 Å². The van der Waals surface area contributed by atoms with Gasteiger partial charge in [0.15, 0.2) is 0 Å². The Morgan fingerprint density at radius 3 is 2.91 bits per heavy atom. The third-order valence-corrected chi connectivity index (χ3v) is 6.55. The van der Waals surface area contributed by atoms with Crippen molar-refractivity contribution in [2.24, 2.45) is 0 Å². The van der Waals surface area contributed by atoms with E-state index in [1.165, 1.54) is 17.0 Å². The van der Waals surface area contributed by atoms with Gasteiger partial charge in [0.1, 0.15) is 18.2 Å². The van der Waals surface area contributed by atoms with Gasteiger partial charge in [-0.05, 0) is 60.7 Å². The summed E-state index contributed by atoms with van der Waals surface area (Å²) in [7, 11) is 0. The Balaban J connectivity index is 1.66. The number of rotatable bonds is 13. The Morgan fingerprint density at radius 1 is 1.39 bits per heavy atom. The summed E-state index contributed by atoms with van der Waals surface area (Å²) in [5.41, 5.74) is 1.11. The molecule has 2 aromatic rings. The Hall–Kier alpha value is -2.26. The molecule has 0 saturated heterocycles. The van der Waals surface area contributed by atoms with Crippen LogP contribution in [0.4, 0.5) is 4.39 Å². The minimum Gasteiger partial charge on any atom is -0.491 e. The minimum atomic E-state index is -0.674. The third kappa shape index (κ3) is 7.37. The first-order chi connectivity index (χ1) is 16.0. The second-order valence-electron chi connectivity index (χ2n) is 8.13. The molecule has 0 radical (unpaired) electrons. The summed E-state index contributed by atoms with van der Waals surface area (Å²) in [6.07, 6.45) is 2.66. The van der Waals surface area contributed by atoms with Gasteiger partial charge in [0, 0.05) is 18.0 Å². The lowest BCUT2D eigenvalue weighted by Crippen LogP contribution is -2.48. The SMILES string of the molecule is C=CCOC[C@H](O)CN(CCC)CC(=O)N1CCc2sccc2[C@H]1COc1ccc(F)cc1. The fraction of sp³-hybridized carbons (Fsp3) is 0.480. The fourth-order valence-corrected chi connectivity index (χ4v) is 4.98. The maximum absolute atomic E-state index is 13.4. The van der Waals surface area contributed by atoms with Crippen molar-refractivity contribution < 1.29 is 23.8 Å². The summed E-state index contributed by atoms with van der Waals surface area (Å²) in [5, 5.41) is 12.4. The maximum atomic E-state index is 13.4. The molecule has 2 heterocycles. The van der Waals surface area contributed by atoms with Crippen molar-refractivity contribution in [3.05, 3.63) is 64.6 Å². The first kappa shape index (κ1) is 25.4. The quantitative estimate of drug-likeness (QED) is 0.353. The number of aliphatic hydroxyl groups excluding tert-OH is 1. The van der Waals surface area contributed by atoms with Crippen molar-refractivity contribution in [3.63, 3.8) is 0 Å². The van der Waals surface area contributed by atoms with Crippen LogP contribution in [-0.2, 0) is 16.0 Å². The smallest absolute Gasteiger partial charge is 0.237 e. The largest absolute Gasteiger partial charge is 0.491 e. The van der Waals surface area contributed by atoms with Crippen LogP contribution in [0.15, 0.2) is 48.4 Å². The van der Waals surface area contributed by atoms with Crippen molar-refractivity contribution in [2.75, 3.05) is 46.0 Å². The number of carbonyl (C=O) groups is 1. The topological polar surface area (TPSA) is 62.2 Å². The zero-order valence-corrected chi connectivity index (χ0v) is 19.9. The predicted octanol–water partition coefficient (Wildman–Crippen LogP) is 3.67. The van der Waals surface area contributed by atoms with E-state index in [-0.39, 0.29) is 30.9 Å². The van der Waals surface area contributed by atoms with E-state index in [0.29, 0.717) is 38.6 Å². The number of benzene rings is 1. The zero-order valence-electron chi connectivity index (χ0n) is 19.1. The molecule has 3 rings (SSSR count). The van der Waals surface area contributed by atoms with E-state index in [0.717, 1.165) is 18.4 Å². The molecule has 1 amide bonds. The van der Waals surface area contributed by atoms with Crippen LogP contribution < -0.4 is 4.74 Å². The summed E-state index contributed by atoms with van der Waals surface area (Å²) in [6, 6.07) is 7.77. The van der Waals surface area contributed by atoms with Crippen LogP contribution in [0.3, 0.4) is 0 Å². The molecule has 0 aliphatic carbocycles. The average molecular weight is 477 g/mol. The molecule has 0 spiro atoms. The molecule has 0 saturated carbocycles. The molecule has 1 aliphatic rings. The van der Waals surface area contributed by atoms with E-state index in [1.807, 2.05) is 15.2 Å². The van der Waals surface area contributed by atoms with Crippen molar-refractivity contribution >= 4 is 17.2 Å². The van der Waals surface area contributed by atoms with Crippen LogP contribution in [0.25, 0.3) is 0 Å². The molecular weight excluding hydrogens is 443 g/mol. The van der Waals surface area contributed by atoms with Crippen LogP contribution in [0.1, 0.15) is 29.8 Å². The van der Waals surface area contributed by atoms with Gasteiger partial charge in [-0.2, -0.15) is 0 Å². The van der Waals surface area contributed by atoms with Crippen LogP contribution >= 0.6 is 11.3 Å². The Labute approximate surface area is 199 Å². The lowest BCUT2D eigenvalue weighted by molar-refractivity contribution is -0.136. The molecule has 0 bridgehead atoms. The molecule has 1 aliphatic heterocycles. The highest BCUT2D eigenvalue weighted by molar-refractivity contribution is 7.10. The van der Waals surface area contributed by atoms with Crippen LogP contribution in [0, 0.1) is 5.82 Å². The minimum absolute atomic E-state index is 0.00668. The lowest BCUT2D eigenvalue weighted by atomic mass is 10.0. The fourth-order valence-electron chi connectivity index (χ4n) is 4.05. The summed E-state index contributed by atoms with van der Waals surface area (Å²) >= 11 is 1.70. The third-order valence-electron chi connectivity index (χ3n) is 5.55. The van der Waals surface area contributed by atoms with Gasteiger partial charge in [-0.3, -0.25) is 9.69 Å². The van der Waals surface area contributed by atoms with E-state index < -0.39 is 6.10 Å². The molecule has 1 aromatic carbocycles. The number of hydrogen-bond donors (Lipinski definition) is 1. The first-order valence-corrected chi connectivity index (χ1v) is 12.2. The summed E-state index contributed by atoms with van der Waals surface area (Å²) in [5.74, 6) is 0.263. The van der Waals surface area contributed by atoms with E-state index in [1.54, 1.807) is 29.5 Å². The van der Waals surface area contributed by atoms with Gasteiger partial charge in [0.05, 0.1) is 31.9 Å². The molecule has 180 valence electrons. The van der Waals surface area contributed by atoms with Crippen molar-refractivity contribution in [1.82, 2.24) is 9.80 Å². The number of fused-ring (bicyclic) bond motifs is 1. The Kier molecular flexibility index (Phi) is 9.87. The molecule has 0 fully saturated rings. The van der Waals surface area contributed by atoms with Crippen LogP contribution in [-0.4, -0.2) is 72.9 Å². The van der Waals surface area contributed by atoms with E-state index in [9.17, 15) is 14.3 Å². The lowest BCUT2D eigenvalue weighted by Gasteiger charge is -2.37. The molecule has 1 aromatic heterocycles. The highest BCUT2D eigenvalue weighted by Crippen LogP contribution is 2.34. The molecule has 1 N–H and O–H groups in total. The molecule has 0 unspecified atom stereocenters. The van der Waals surface area contributed by atoms with Gasteiger partial charge in [-0.15, -0.1) is 17.9 Å². The molecule has 6 nitrogen and oxygen atoms in total. The normalized spacial score (nSPS) is 16.5. The standard InChI is InChI=1S/C25H33FN2O4S/c1-3-11-27(15-20(29)17-31-13-4-2)16-25(30)28-12-9-24-22(10-14-33-24)23(28)18-32-21-7-5-19(26)6-8-21/h4-8,10,14,20,23,29H,2-3,9,11-13,15-18H2,1H3/t20-,23-/m1/s1. The monoisotopic (exact) mass is 476 g/mol. The second kappa shape index (κ2) is 12.8. The first-order valence-electron chi connectivity index (χ1n) is 11.3. The van der Waals surface area contributed by atoms with Crippen molar-refractivity contribution in [2.45, 2.75) is 31.9 Å². The number of halogens is 1. The van der Waals surface area contributed by atoms with Gasteiger partial charge in [-0.25, -0.2) is 4.39 Å². The van der Waals surface area contributed by atoms with Crippen molar-refractivity contribution in [3.8, 4) is 5.75 Å². The van der Waals surface area contributed by atoms with Gasteiger partial charge in [-0.1, -0.05) is 13.0 Å². The van der Waals surface area contributed by atoms with E-state index in [4.69, 9.17) is 9.47 Å². The van der Waals surface area contributed by atoms with Gasteiger partial charge in [0.25, 0.3) is 0 Å². The van der Waals surface area contributed by atoms with Crippen LogP contribution in [0.2, 0.25) is 0 Å². The van der Waals surface area contributed by atoms with Gasteiger partial charge in [0.2, 0.25) is 5.91 Å². The molecular formula is C25H33FN2O4S. The summed E-state index contributed by atoms with van der Waals surface area (Å²) in [4.78, 5) is 18.5. The van der Waals surface area contributed by atoms with Crippen LogP contribution in [0.5, 0.6) is 5.75 Å². The van der Waals surface area contributed by atoms with Crippen molar-refractivity contribution in [1.29, 1.82) is 0 Å². The molecule has 8 heteroatoms. The average Bonchev–Trinajstić information content (AvgIpc) is 3.28. The number of thiophene rings is 1. The van der Waals surface area contributed by atoms with Gasteiger partial charge >= 0.3 is 0 Å².